The summed E-state index contributed by atoms with van der Waals surface area (Å²) in [5.74, 6) is -1.90. The van der Waals surface area contributed by atoms with E-state index < -0.39 is 22.7 Å². The van der Waals surface area contributed by atoms with Crippen molar-refractivity contribution in [3.63, 3.8) is 0 Å². The van der Waals surface area contributed by atoms with Crippen LogP contribution in [0.2, 0.25) is 0 Å². The van der Waals surface area contributed by atoms with E-state index in [1.165, 1.54) is 4.90 Å². The summed E-state index contributed by atoms with van der Waals surface area (Å²) < 4.78 is 0. The largest absolute Gasteiger partial charge is 0.302 e. The number of anilines is 1. The van der Waals surface area contributed by atoms with Gasteiger partial charge in [0.15, 0.2) is 0 Å². The lowest BCUT2D eigenvalue weighted by Gasteiger charge is -2.56. The number of imide groups is 1. The van der Waals surface area contributed by atoms with Crippen LogP contribution in [0.25, 0.3) is 0 Å². The van der Waals surface area contributed by atoms with E-state index in [-0.39, 0.29) is 11.8 Å². The summed E-state index contributed by atoms with van der Waals surface area (Å²) >= 11 is 0. The van der Waals surface area contributed by atoms with E-state index in [9.17, 15) is 14.4 Å². The van der Waals surface area contributed by atoms with E-state index in [0.29, 0.717) is 5.69 Å². The van der Waals surface area contributed by atoms with Gasteiger partial charge in [0.05, 0.1) is 22.9 Å². The highest BCUT2D eigenvalue weighted by Crippen LogP contribution is 2.66. The SMILES string of the molecule is CC12c3ccccc3C(C=O)(c3ccccc31)[C@H]1C(=O)N(c3ccccc3)C(=O)[C@@H]12. The molecule has 3 aromatic rings. The van der Waals surface area contributed by atoms with E-state index in [0.717, 1.165) is 28.5 Å². The maximum Gasteiger partial charge on any atom is 0.239 e. The second kappa shape index (κ2) is 5.54. The number of benzene rings is 3. The molecule has 146 valence electrons. The summed E-state index contributed by atoms with van der Waals surface area (Å²) in [6, 6.07) is 24.6. The van der Waals surface area contributed by atoms with Gasteiger partial charge in [0.25, 0.3) is 0 Å². The molecule has 1 saturated heterocycles. The Hall–Kier alpha value is -3.53. The molecular weight excluding hydrogens is 374 g/mol. The summed E-state index contributed by atoms with van der Waals surface area (Å²) in [7, 11) is 0. The van der Waals surface area contributed by atoms with Crippen LogP contribution in [0.5, 0.6) is 0 Å². The molecule has 1 aliphatic heterocycles. The number of amides is 2. The van der Waals surface area contributed by atoms with Crippen LogP contribution < -0.4 is 4.90 Å². The first kappa shape index (κ1) is 17.3. The number of carbonyl (C=O) groups is 3. The topological polar surface area (TPSA) is 54.5 Å². The number of hydrogen-bond acceptors (Lipinski definition) is 3. The number of para-hydroxylation sites is 1. The highest BCUT2D eigenvalue weighted by Gasteiger charge is 2.72. The second-order valence-corrected chi connectivity index (χ2v) is 8.58. The minimum absolute atomic E-state index is 0.228. The normalized spacial score (nSPS) is 30.6. The van der Waals surface area contributed by atoms with E-state index in [1.807, 2.05) is 66.7 Å². The van der Waals surface area contributed by atoms with Crippen molar-refractivity contribution in [2.45, 2.75) is 17.8 Å². The van der Waals surface area contributed by atoms with Gasteiger partial charge in [-0.25, -0.2) is 4.90 Å². The van der Waals surface area contributed by atoms with E-state index in [4.69, 9.17) is 0 Å². The molecule has 4 aliphatic rings. The fourth-order valence-electron chi connectivity index (χ4n) is 6.30. The Kier molecular flexibility index (Phi) is 3.20. The average molecular weight is 393 g/mol. The van der Waals surface area contributed by atoms with Crippen LogP contribution in [0.4, 0.5) is 5.69 Å². The number of aldehydes is 1. The maximum absolute atomic E-state index is 13.8. The molecule has 4 nitrogen and oxygen atoms in total. The van der Waals surface area contributed by atoms with Gasteiger partial charge in [-0.3, -0.25) is 9.59 Å². The third kappa shape index (κ3) is 1.68. The van der Waals surface area contributed by atoms with Crippen LogP contribution in [0.1, 0.15) is 29.2 Å². The van der Waals surface area contributed by atoms with Crippen LogP contribution in [0.3, 0.4) is 0 Å². The highest BCUT2D eigenvalue weighted by atomic mass is 16.2. The molecule has 0 radical (unpaired) electrons. The molecule has 30 heavy (non-hydrogen) atoms. The summed E-state index contributed by atoms with van der Waals surface area (Å²) in [5, 5.41) is 0. The van der Waals surface area contributed by atoms with Gasteiger partial charge in [-0.05, 0) is 34.4 Å². The van der Waals surface area contributed by atoms with Gasteiger partial charge in [-0.1, -0.05) is 73.7 Å². The molecule has 0 saturated carbocycles. The minimum Gasteiger partial charge on any atom is -0.302 e. The molecule has 0 spiro atoms. The Balaban J connectivity index is 1.72. The van der Waals surface area contributed by atoms with Gasteiger partial charge in [-0.15, -0.1) is 0 Å². The summed E-state index contributed by atoms with van der Waals surface area (Å²) in [6.07, 6.45) is 0.904. The molecular formula is C26H19NO3. The number of rotatable bonds is 2. The standard InChI is InChI=1S/C26H19NO3/c1-25-17-11-5-7-13-19(17)26(15-28,20-14-8-6-12-18(20)25)22-21(25)23(29)27(24(22)30)16-9-3-2-4-10-16/h2-15,21-22H,1H3/t21-,22-,25?,26?/m1/s1. The fraction of sp³-hybridized carbons (Fsp3) is 0.192. The molecule has 2 atom stereocenters. The van der Waals surface area contributed by atoms with Gasteiger partial charge < -0.3 is 4.79 Å². The third-order valence-electron chi connectivity index (χ3n) is 7.48. The maximum atomic E-state index is 13.8. The van der Waals surface area contributed by atoms with Crippen molar-refractivity contribution in [2.24, 2.45) is 11.8 Å². The van der Waals surface area contributed by atoms with E-state index in [1.54, 1.807) is 12.1 Å². The van der Waals surface area contributed by atoms with Crippen LogP contribution in [0.15, 0.2) is 78.9 Å². The van der Waals surface area contributed by atoms with Crippen molar-refractivity contribution >= 4 is 23.8 Å². The summed E-state index contributed by atoms with van der Waals surface area (Å²) in [4.78, 5) is 41.8. The number of carbonyl (C=O) groups excluding carboxylic acids is 3. The Morgan fingerprint density at radius 3 is 1.70 bits per heavy atom. The smallest absolute Gasteiger partial charge is 0.239 e. The lowest BCUT2D eigenvalue weighted by molar-refractivity contribution is -0.129. The van der Waals surface area contributed by atoms with Crippen LogP contribution >= 0.6 is 0 Å². The molecule has 0 N–H and O–H groups in total. The molecule has 4 heteroatoms. The van der Waals surface area contributed by atoms with Crippen molar-refractivity contribution < 1.29 is 14.4 Å². The van der Waals surface area contributed by atoms with E-state index >= 15 is 0 Å². The predicted molar refractivity (Wildman–Crippen MR) is 112 cm³/mol. The van der Waals surface area contributed by atoms with Crippen molar-refractivity contribution in [3.8, 4) is 0 Å². The average Bonchev–Trinajstić information content (AvgIpc) is 3.07. The molecule has 1 heterocycles. The van der Waals surface area contributed by atoms with Gasteiger partial charge in [0.1, 0.15) is 6.29 Å². The lowest BCUT2D eigenvalue weighted by Crippen LogP contribution is -2.61. The summed E-state index contributed by atoms with van der Waals surface area (Å²) in [5.41, 5.74) is 2.34. The molecule has 2 bridgehead atoms. The van der Waals surface area contributed by atoms with Gasteiger partial charge in [-0.2, -0.15) is 0 Å². The zero-order valence-electron chi connectivity index (χ0n) is 16.4. The number of hydrogen-bond donors (Lipinski definition) is 0. The van der Waals surface area contributed by atoms with Crippen molar-refractivity contribution in [2.75, 3.05) is 4.90 Å². The van der Waals surface area contributed by atoms with Gasteiger partial charge >= 0.3 is 0 Å². The second-order valence-electron chi connectivity index (χ2n) is 8.58. The van der Waals surface area contributed by atoms with Gasteiger partial charge in [0, 0.05) is 5.41 Å². The first-order valence-electron chi connectivity index (χ1n) is 10.2. The van der Waals surface area contributed by atoms with Crippen LogP contribution in [-0.2, 0) is 25.2 Å². The molecule has 2 amide bonds. The zero-order valence-corrected chi connectivity index (χ0v) is 16.4. The molecule has 3 aliphatic carbocycles. The minimum atomic E-state index is -1.16. The quantitative estimate of drug-likeness (QED) is 0.494. The van der Waals surface area contributed by atoms with E-state index in [2.05, 4.69) is 6.92 Å². The van der Waals surface area contributed by atoms with Crippen molar-refractivity contribution in [3.05, 3.63) is 101 Å². The number of nitrogens with zero attached hydrogens (tertiary/aromatic N) is 1. The molecule has 7 rings (SSSR count). The third-order valence-corrected chi connectivity index (χ3v) is 7.48. The van der Waals surface area contributed by atoms with Crippen molar-refractivity contribution in [1.82, 2.24) is 0 Å². The molecule has 1 fully saturated rings. The van der Waals surface area contributed by atoms with Crippen molar-refractivity contribution in [1.29, 1.82) is 0 Å². The van der Waals surface area contributed by atoms with Gasteiger partial charge in [0.2, 0.25) is 11.8 Å². The molecule has 0 unspecified atom stereocenters. The Morgan fingerprint density at radius 2 is 1.17 bits per heavy atom. The Labute approximate surface area is 174 Å². The first-order chi connectivity index (χ1) is 14.6. The fourth-order valence-corrected chi connectivity index (χ4v) is 6.30. The Bertz CT molecular complexity index is 1200. The van der Waals surface area contributed by atoms with Crippen LogP contribution in [-0.4, -0.2) is 18.1 Å². The van der Waals surface area contributed by atoms with Crippen LogP contribution in [0, 0.1) is 11.8 Å². The Morgan fingerprint density at radius 1 is 0.700 bits per heavy atom. The monoisotopic (exact) mass is 393 g/mol. The summed E-state index contributed by atoms with van der Waals surface area (Å²) in [6.45, 7) is 2.05. The zero-order chi connectivity index (χ0) is 20.7. The first-order valence-corrected chi connectivity index (χ1v) is 10.2. The highest BCUT2D eigenvalue weighted by molar-refractivity contribution is 6.25. The lowest BCUT2D eigenvalue weighted by atomic mass is 9.42. The molecule has 3 aromatic carbocycles. The predicted octanol–water partition coefficient (Wildman–Crippen LogP) is 3.61. The molecule has 0 aromatic heterocycles.